The smallest absolute Gasteiger partial charge is 0.383 e. The maximum atomic E-state index is 12.5. The molecule has 21 heavy (non-hydrogen) atoms. The SMILES string of the molecule is CC(C)(C)c1nnsc1C(O)c1ccc(C(F)(F)F)cc1. The highest BCUT2D eigenvalue weighted by Crippen LogP contribution is 2.35. The number of nitrogens with zero attached hydrogens (tertiary/aromatic N) is 2. The summed E-state index contributed by atoms with van der Waals surface area (Å²) in [7, 11) is 0. The van der Waals surface area contributed by atoms with Gasteiger partial charge in [0.1, 0.15) is 6.10 Å². The number of alkyl halides is 3. The topological polar surface area (TPSA) is 46.0 Å². The van der Waals surface area contributed by atoms with Crippen LogP contribution in [0.1, 0.15) is 48.6 Å². The fourth-order valence-corrected chi connectivity index (χ4v) is 2.78. The fraction of sp³-hybridized carbons (Fsp3) is 0.429. The zero-order valence-electron chi connectivity index (χ0n) is 11.8. The van der Waals surface area contributed by atoms with Gasteiger partial charge in [0.2, 0.25) is 0 Å². The Morgan fingerprint density at radius 3 is 2.14 bits per heavy atom. The standard InChI is InChI=1S/C14H15F3N2OS/c1-13(2,3)12-11(21-19-18-12)10(20)8-4-6-9(7-5-8)14(15,16)17/h4-7,10,20H,1-3H3. The summed E-state index contributed by atoms with van der Waals surface area (Å²) in [6.45, 7) is 5.81. The van der Waals surface area contributed by atoms with E-state index in [1.807, 2.05) is 20.8 Å². The lowest BCUT2D eigenvalue weighted by molar-refractivity contribution is -0.137. The lowest BCUT2D eigenvalue weighted by atomic mass is 9.89. The highest BCUT2D eigenvalue weighted by molar-refractivity contribution is 7.05. The van der Waals surface area contributed by atoms with E-state index in [1.54, 1.807) is 0 Å². The molecule has 1 atom stereocenters. The molecule has 1 N–H and O–H groups in total. The molecule has 1 unspecified atom stereocenters. The van der Waals surface area contributed by atoms with E-state index >= 15 is 0 Å². The Labute approximate surface area is 124 Å². The number of benzene rings is 1. The Bertz CT molecular complexity index is 614. The predicted octanol–water partition coefficient (Wildman–Crippen LogP) is 3.94. The zero-order chi connectivity index (χ0) is 15.8. The van der Waals surface area contributed by atoms with Crippen molar-refractivity contribution in [2.24, 2.45) is 0 Å². The van der Waals surface area contributed by atoms with Gasteiger partial charge in [-0.3, -0.25) is 0 Å². The van der Waals surface area contributed by atoms with Crippen LogP contribution in [0, 0.1) is 0 Å². The molecule has 0 aliphatic rings. The van der Waals surface area contributed by atoms with E-state index in [4.69, 9.17) is 0 Å². The van der Waals surface area contributed by atoms with E-state index in [9.17, 15) is 18.3 Å². The number of aliphatic hydroxyl groups excluding tert-OH is 1. The molecule has 0 fully saturated rings. The molecular formula is C14H15F3N2OS. The third-order valence-corrected chi connectivity index (χ3v) is 3.80. The summed E-state index contributed by atoms with van der Waals surface area (Å²) in [5, 5.41) is 14.4. The summed E-state index contributed by atoms with van der Waals surface area (Å²) in [4.78, 5) is 0.558. The summed E-state index contributed by atoms with van der Waals surface area (Å²) in [6.07, 6.45) is -5.41. The van der Waals surface area contributed by atoms with Crippen LogP contribution in [0.4, 0.5) is 13.2 Å². The summed E-state index contributed by atoms with van der Waals surface area (Å²) >= 11 is 1.06. The second-order valence-corrected chi connectivity index (χ2v) is 6.54. The lowest BCUT2D eigenvalue weighted by Crippen LogP contribution is -2.16. The Morgan fingerprint density at radius 2 is 1.67 bits per heavy atom. The fourth-order valence-electron chi connectivity index (χ4n) is 1.90. The average Bonchev–Trinajstić information content (AvgIpc) is 2.86. The third kappa shape index (κ3) is 3.41. The second kappa shape index (κ2) is 5.38. The van der Waals surface area contributed by atoms with Crippen molar-refractivity contribution < 1.29 is 18.3 Å². The summed E-state index contributed by atoms with van der Waals surface area (Å²) in [5.74, 6) is 0. The van der Waals surface area contributed by atoms with Crippen LogP contribution in [0.5, 0.6) is 0 Å². The van der Waals surface area contributed by atoms with Gasteiger partial charge < -0.3 is 5.11 Å². The Morgan fingerprint density at radius 1 is 1.10 bits per heavy atom. The minimum absolute atomic E-state index is 0.296. The molecule has 0 radical (unpaired) electrons. The molecular weight excluding hydrogens is 301 g/mol. The number of halogens is 3. The van der Waals surface area contributed by atoms with Crippen molar-refractivity contribution in [2.45, 2.75) is 38.5 Å². The van der Waals surface area contributed by atoms with Crippen molar-refractivity contribution in [3.05, 3.63) is 46.0 Å². The van der Waals surface area contributed by atoms with Crippen LogP contribution in [0.3, 0.4) is 0 Å². The normalized spacial score (nSPS) is 14.2. The number of rotatable bonds is 2. The Balaban J connectivity index is 2.33. The van der Waals surface area contributed by atoms with Gasteiger partial charge in [-0.2, -0.15) is 13.2 Å². The van der Waals surface area contributed by atoms with Gasteiger partial charge in [0.25, 0.3) is 0 Å². The second-order valence-electron chi connectivity index (χ2n) is 5.76. The van der Waals surface area contributed by atoms with Crippen molar-refractivity contribution >= 4 is 11.5 Å². The van der Waals surface area contributed by atoms with Gasteiger partial charge >= 0.3 is 6.18 Å². The highest BCUT2D eigenvalue weighted by Gasteiger charge is 2.31. The van der Waals surface area contributed by atoms with Gasteiger partial charge in [0, 0.05) is 5.41 Å². The highest BCUT2D eigenvalue weighted by atomic mass is 32.1. The van der Waals surface area contributed by atoms with Crippen LogP contribution in [0.15, 0.2) is 24.3 Å². The minimum atomic E-state index is -4.38. The van der Waals surface area contributed by atoms with Crippen LogP contribution in [-0.2, 0) is 11.6 Å². The van der Waals surface area contributed by atoms with Crippen LogP contribution in [-0.4, -0.2) is 14.7 Å². The Kier molecular flexibility index (Phi) is 4.08. The first-order valence-electron chi connectivity index (χ1n) is 6.28. The van der Waals surface area contributed by atoms with E-state index in [0.717, 1.165) is 23.7 Å². The van der Waals surface area contributed by atoms with Crippen LogP contribution >= 0.6 is 11.5 Å². The van der Waals surface area contributed by atoms with E-state index in [2.05, 4.69) is 9.59 Å². The quantitative estimate of drug-likeness (QED) is 0.913. The molecule has 0 aliphatic carbocycles. The molecule has 2 rings (SSSR count). The summed E-state index contributed by atoms with van der Waals surface area (Å²) < 4.78 is 41.4. The van der Waals surface area contributed by atoms with Gasteiger partial charge in [0.05, 0.1) is 16.1 Å². The molecule has 3 nitrogen and oxygen atoms in total. The molecule has 1 aromatic carbocycles. The molecule has 2 aromatic rings. The number of hydrogen-bond donors (Lipinski definition) is 1. The monoisotopic (exact) mass is 316 g/mol. The van der Waals surface area contributed by atoms with Crippen molar-refractivity contribution in [3.8, 4) is 0 Å². The largest absolute Gasteiger partial charge is 0.416 e. The van der Waals surface area contributed by atoms with Gasteiger partial charge in [-0.25, -0.2) is 0 Å². The third-order valence-electron chi connectivity index (χ3n) is 3.03. The number of hydrogen-bond acceptors (Lipinski definition) is 4. The molecule has 0 amide bonds. The molecule has 1 heterocycles. The van der Waals surface area contributed by atoms with E-state index in [-0.39, 0.29) is 5.41 Å². The summed E-state index contributed by atoms with van der Waals surface area (Å²) in [5.41, 5.74) is 0.00579. The molecule has 0 bridgehead atoms. The van der Waals surface area contributed by atoms with Gasteiger partial charge in [0.15, 0.2) is 0 Å². The van der Waals surface area contributed by atoms with Crippen molar-refractivity contribution in [3.63, 3.8) is 0 Å². The number of aliphatic hydroxyl groups is 1. The maximum absolute atomic E-state index is 12.5. The minimum Gasteiger partial charge on any atom is -0.383 e. The molecule has 114 valence electrons. The van der Waals surface area contributed by atoms with Crippen molar-refractivity contribution in [2.75, 3.05) is 0 Å². The van der Waals surface area contributed by atoms with Gasteiger partial charge in [-0.05, 0) is 29.2 Å². The van der Waals surface area contributed by atoms with Crippen LogP contribution < -0.4 is 0 Å². The van der Waals surface area contributed by atoms with Gasteiger partial charge in [-0.1, -0.05) is 37.4 Å². The lowest BCUT2D eigenvalue weighted by Gasteiger charge is -2.19. The molecule has 1 aromatic heterocycles. The first-order valence-corrected chi connectivity index (χ1v) is 7.06. The first-order chi connectivity index (χ1) is 9.60. The molecule has 7 heteroatoms. The van der Waals surface area contributed by atoms with Crippen molar-refractivity contribution in [1.82, 2.24) is 9.59 Å². The molecule has 0 saturated carbocycles. The van der Waals surface area contributed by atoms with Gasteiger partial charge in [-0.15, -0.1) is 5.10 Å². The maximum Gasteiger partial charge on any atom is 0.416 e. The van der Waals surface area contributed by atoms with Crippen LogP contribution in [0.2, 0.25) is 0 Å². The van der Waals surface area contributed by atoms with Crippen molar-refractivity contribution in [1.29, 1.82) is 0 Å². The molecule has 0 aliphatic heterocycles. The summed E-state index contributed by atoms with van der Waals surface area (Å²) in [6, 6.07) is 4.48. The van der Waals surface area contributed by atoms with E-state index in [0.29, 0.717) is 16.1 Å². The first kappa shape index (κ1) is 15.9. The Hall–Kier alpha value is -1.47. The molecule has 0 spiro atoms. The average molecular weight is 316 g/mol. The molecule has 0 saturated heterocycles. The van der Waals surface area contributed by atoms with Crippen LogP contribution in [0.25, 0.3) is 0 Å². The predicted molar refractivity (Wildman–Crippen MR) is 74.1 cm³/mol. The van der Waals surface area contributed by atoms with E-state index < -0.39 is 17.8 Å². The number of aromatic nitrogens is 2. The zero-order valence-corrected chi connectivity index (χ0v) is 12.6. The van der Waals surface area contributed by atoms with E-state index in [1.165, 1.54) is 12.1 Å².